The first kappa shape index (κ1) is 19.8. The van der Waals surface area contributed by atoms with Crippen LogP contribution in [0.4, 0.5) is 0 Å². The summed E-state index contributed by atoms with van der Waals surface area (Å²) in [5.41, 5.74) is 4.21. The molecule has 1 aliphatic rings. The van der Waals surface area contributed by atoms with Gasteiger partial charge >= 0.3 is 0 Å². The van der Waals surface area contributed by atoms with Crippen molar-refractivity contribution in [3.05, 3.63) is 71.7 Å². The van der Waals surface area contributed by atoms with Crippen LogP contribution in [0.5, 0.6) is 0 Å². The fourth-order valence-electron chi connectivity index (χ4n) is 3.77. The molecule has 154 valence electrons. The van der Waals surface area contributed by atoms with Crippen molar-refractivity contribution < 1.29 is 9.59 Å². The average Bonchev–Trinajstić information content (AvgIpc) is 3.29. The molecule has 0 spiro atoms. The number of piperidine rings is 1. The van der Waals surface area contributed by atoms with Gasteiger partial charge in [-0.25, -0.2) is 0 Å². The van der Waals surface area contributed by atoms with Crippen LogP contribution in [0.15, 0.2) is 54.9 Å². The normalized spacial score (nSPS) is 16.3. The van der Waals surface area contributed by atoms with Crippen molar-refractivity contribution in [3.8, 4) is 11.3 Å². The highest BCUT2D eigenvalue weighted by molar-refractivity contribution is 5.94. The lowest BCUT2D eigenvalue weighted by Crippen LogP contribution is -2.45. The average molecular weight is 403 g/mol. The maximum Gasteiger partial charge on any atom is 0.271 e. The fraction of sp³-hybridized carbons (Fsp3) is 0.304. The highest BCUT2D eigenvalue weighted by Gasteiger charge is 2.29. The number of rotatable bonds is 5. The van der Waals surface area contributed by atoms with E-state index in [0.29, 0.717) is 31.0 Å². The number of aromatic amines is 1. The number of amides is 2. The van der Waals surface area contributed by atoms with Gasteiger partial charge in [0.05, 0.1) is 11.6 Å². The SMILES string of the molecule is Cc1ccccc1CNC(=O)[C@@H]1CCCN(C(=O)c2cc(-c3cccnc3)n[nH]2)C1. The number of carbonyl (C=O) groups excluding carboxylic acids is 2. The van der Waals surface area contributed by atoms with E-state index < -0.39 is 0 Å². The second kappa shape index (κ2) is 8.90. The summed E-state index contributed by atoms with van der Waals surface area (Å²) in [5, 5.41) is 10.1. The van der Waals surface area contributed by atoms with E-state index in [1.807, 2.05) is 43.3 Å². The van der Waals surface area contributed by atoms with Crippen LogP contribution in [0.1, 0.15) is 34.5 Å². The predicted octanol–water partition coefficient (Wildman–Crippen LogP) is 2.95. The first-order valence-corrected chi connectivity index (χ1v) is 10.2. The van der Waals surface area contributed by atoms with E-state index in [4.69, 9.17) is 0 Å². The maximum absolute atomic E-state index is 12.9. The molecule has 0 bridgehead atoms. The third kappa shape index (κ3) is 4.40. The van der Waals surface area contributed by atoms with E-state index in [1.165, 1.54) is 0 Å². The van der Waals surface area contributed by atoms with Crippen LogP contribution in [0.3, 0.4) is 0 Å². The Morgan fingerprint density at radius 2 is 2.10 bits per heavy atom. The molecule has 2 aromatic heterocycles. The van der Waals surface area contributed by atoms with Crippen molar-refractivity contribution in [3.63, 3.8) is 0 Å². The number of hydrogen-bond donors (Lipinski definition) is 2. The highest BCUT2D eigenvalue weighted by Crippen LogP contribution is 2.21. The topological polar surface area (TPSA) is 91.0 Å². The van der Waals surface area contributed by atoms with Gasteiger partial charge in [0, 0.05) is 37.6 Å². The maximum atomic E-state index is 12.9. The number of carbonyl (C=O) groups is 2. The molecule has 1 atom stereocenters. The van der Waals surface area contributed by atoms with Gasteiger partial charge < -0.3 is 10.2 Å². The summed E-state index contributed by atoms with van der Waals surface area (Å²) in [6.45, 7) is 3.60. The highest BCUT2D eigenvalue weighted by atomic mass is 16.2. The number of nitrogens with zero attached hydrogens (tertiary/aromatic N) is 3. The lowest BCUT2D eigenvalue weighted by molar-refractivity contribution is -0.126. The van der Waals surface area contributed by atoms with Gasteiger partial charge in [-0.15, -0.1) is 0 Å². The van der Waals surface area contributed by atoms with Crippen molar-refractivity contribution >= 4 is 11.8 Å². The Morgan fingerprint density at radius 1 is 1.23 bits per heavy atom. The summed E-state index contributed by atoms with van der Waals surface area (Å²) in [6.07, 6.45) is 4.99. The third-order valence-corrected chi connectivity index (χ3v) is 5.56. The van der Waals surface area contributed by atoms with Crippen LogP contribution in [-0.2, 0) is 11.3 Å². The van der Waals surface area contributed by atoms with Crippen molar-refractivity contribution in [1.29, 1.82) is 0 Å². The van der Waals surface area contributed by atoms with Crippen molar-refractivity contribution in [1.82, 2.24) is 25.4 Å². The minimum atomic E-state index is -0.201. The number of aryl methyl sites for hydroxylation is 1. The number of H-pyrrole nitrogens is 1. The number of aromatic nitrogens is 3. The molecule has 0 radical (unpaired) electrons. The standard InChI is InChI=1S/C23H25N5O2/c1-16-6-2-3-7-17(16)14-25-22(29)19-9-5-11-28(15-19)23(30)21-12-20(26-27-21)18-8-4-10-24-13-18/h2-4,6-8,10,12-13,19H,5,9,11,14-15H2,1H3,(H,25,29)(H,26,27)/t19-/m1/s1. The Labute approximate surface area is 175 Å². The van der Waals surface area contributed by atoms with Crippen LogP contribution < -0.4 is 5.32 Å². The van der Waals surface area contributed by atoms with Crippen molar-refractivity contribution in [2.75, 3.05) is 13.1 Å². The van der Waals surface area contributed by atoms with Crippen LogP contribution in [0.2, 0.25) is 0 Å². The van der Waals surface area contributed by atoms with E-state index in [0.717, 1.165) is 29.5 Å². The lowest BCUT2D eigenvalue weighted by atomic mass is 9.96. The minimum absolute atomic E-state index is 0.00332. The molecule has 1 saturated heterocycles. The van der Waals surface area contributed by atoms with Crippen LogP contribution in [-0.4, -0.2) is 45.0 Å². The molecule has 7 nitrogen and oxygen atoms in total. The van der Waals surface area contributed by atoms with Gasteiger partial charge in [0.2, 0.25) is 5.91 Å². The third-order valence-electron chi connectivity index (χ3n) is 5.56. The Kier molecular flexibility index (Phi) is 5.88. The van der Waals surface area contributed by atoms with E-state index in [9.17, 15) is 9.59 Å². The van der Waals surface area contributed by atoms with Crippen molar-refractivity contribution in [2.45, 2.75) is 26.3 Å². The number of pyridine rings is 1. The molecule has 0 saturated carbocycles. The fourth-order valence-corrected chi connectivity index (χ4v) is 3.77. The Bertz CT molecular complexity index is 1030. The molecule has 3 heterocycles. The minimum Gasteiger partial charge on any atom is -0.352 e. The van der Waals surface area contributed by atoms with Crippen LogP contribution in [0, 0.1) is 12.8 Å². The molecule has 2 N–H and O–H groups in total. The van der Waals surface area contributed by atoms with Crippen LogP contribution in [0.25, 0.3) is 11.3 Å². The molecule has 0 unspecified atom stereocenters. The Hall–Kier alpha value is -3.48. The van der Waals surface area contributed by atoms with Gasteiger partial charge in [0.25, 0.3) is 5.91 Å². The van der Waals surface area contributed by atoms with Gasteiger partial charge in [-0.2, -0.15) is 5.10 Å². The van der Waals surface area contributed by atoms with E-state index in [1.54, 1.807) is 23.4 Å². The largest absolute Gasteiger partial charge is 0.352 e. The zero-order chi connectivity index (χ0) is 20.9. The summed E-state index contributed by atoms with van der Waals surface area (Å²) in [4.78, 5) is 31.5. The second-order valence-electron chi connectivity index (χ2n) is 7.64. The molecule has 3 aromatic rings. The summed E-state index contributed by atoms with van der Waals surface area (Å²) in [5.74, 6) is -0.335. The molecule has 1 aromatic carbocycles. The lowest BCUT2D eigenvalue weighted by Gasteiger charge is -2.31. The molecule has 0 aliphatic carbocycles. The first-order chi connectivity index (χ1) is 14.6. The summed E-state index contributed by atoms with van der Waals surface area (Å²) < 4.78 is 0. The summed E-state index contributed by atoms with van der Waals surface area (Å²) in [7, 11) is 0. The zero-order valence-corrected chi connectivity index (χ0v) is 17.0. The van der Waals surface area contributed by atoms with E-state index in [2.05, 4.69) is 20.5 Å². The quantitative estimate of drug-likeness (QED) is 0.685. The number of likely N-dealkylation sites (tertiary alicyclic amines) is 1. The molecule has 4 rings (SSSR count). The number of hydrogen-bond acceptors (Lipinski definition) is 4. The molecule has 1 fully saturated rings. The monoisotopic (exact) mass is 403 g/mol. The van der Waals surface area contributed by atoms with Gasteiger partial charge in [-0.3, -0.25) is 19.7 Å². The van der Waals surface area contributed by atoms with Crippen LogP contribution >= 0.6 is 0 Å². The predicted molar refractivity (Wildman–Crippen MR) is 113 cm³/mol. The van der Waals surface area contributed by atoms with Gasteiger partial charge in [-0.1, -0.05) is 24.3 Å². The van der Waals surface area contributed by atoms with Crippen molar-refractivity contribution in [2.24, 2.45) is 5.92 Å². The summed E-state index contributed by atoms with van der Waals surface area (Å²) in [6, 6.07) is 13.5. The second-order valence-corrected chi connectivity index (χ2v) is 7.64. The summed E-state index contributed by atoms with van der Waals surface area (Å²) >= 11 is 0. The molecule has 1 aliphatic heterocycles. The Morgan fingerprint density at radius 3 is 2.90 bits per heavy atom. The molecule has 2 amide bonds. The van der Waals surface area contributed by atoms with E-state index >= 15 is 0 Å². The Balaban J connectivity index is 1.37. The zero-order valence-electron chi connectivity index (χ0n) is 17.0. The molecule has 30 heavy (non-hydrogen) atoms. The smallest absolute Gasteiger partial charge is 0.271 e. The number of benzene rings is 1. The molecular weight excluding hydrogens is 378 g/mol. The van der Waals surface area contributed by atoms with Gasteiger partial charge in [-0.05, 0) is 49.1 Å². The first-order valence-electron chi connectivity index (χ1n) is 10.2. The van der Waals surface area contributed by atoms with Gasteiger partial charge in [0.1, 0.15) is 5.69 Å². The van der Waals surface area contributed by atoms with Gasteiger partial charge in [0.15, 0.2) is 0 Å². The van der Waals surface area contributed by atoms with E-state index in [-0.39, 0.29) is 17.7 Å². The molecular formula is C23H25N5O2. The number of nitrogens with one attached hydrogen (secondary N) is 2. The molecule has 7 heteroatoms.